The molecule has 0 radical (unpaired) electrons. The maximum Gasteiger partial charge on any atom is 0.158 e. The number of rotatable bonds is 0. The Hall–Kier alpha value is -0.500. The van der Waals surface area contributed by atoms with E-state index in [0.717, 1.165) is 12.2 Å². The molecule has 1 aliphatic rings. The van der Waals surface area contributed by atoms with Crippen molar-refractivity contribution in [2.75, 3.05) is 0 Å². The van der Waals surface area contributed by atoms with Crippen LogP contribution in [0.1, 0.15) is 20.3 Å². The van der Waals surface area contributed by atoms with Gasteiger partial charge in [-0.05, 0) is 19.9 Å². The molecule has 1 heterocycles. The summed E-state index contributed by atoms with van der Waals surface area (Å²) in [6.07, 6.45) is 2.83. The molecule has 2 N–H and O–H groups in total. The van der Waals surface area contributed by atoms with Gasteiger partial charge in [-0.2, -0.15) is 0 Å². The third-order valence-corrected chi connectivity index (χ3v) is 1.19. The summed E-state index contributed by atoms with van der Waals surface area (Å²) in [4.78, 5) is 0. The molecule has 0 aromatic rings. The SMILES string of the molecule is CC1=CCC(C)(N)O1. The van der Waals surface area contributed by atoms with Crippen molar-refractivity contribution in [3.63, 3.8) is 0 Å². The Morgan fingerprint density at radius 1 is 1.88 bits per heavy atom. The number of hydrogen-bond acceptors (Lipinski definition) is 2. The molecule has 0 fully saturated rings. The molecule has 2 nitrogen and oxygen atoms in total. The molecule has 0 saturated carbocycles. The van der Waals surface area contributed by atoms with E-state index in [-0.39, 0.29) is 0 Å². The largest absolute Gasteiger partial charge is 0.478 e. The van der Waals surface area contributed by atoms with Gasteiger partial charge in [0.25, 0.3) is 0 Å². The van der Waals surface area contributed by atoms with Gasteiger partial charge in [0.05, 0.1) is 5.76 Å². The van der Waals surface area contributed by atoms with Gasteiger partial charge in [0, 0.05) is 6.42 Å². The van der Waals surface area contributed by atoms with Gasteiger partial charge in [-0.15, -0.1) is 0 Å². The highest BCUT2D eigenvalue weighted by atomic mass is 16.5. The second-order valence-electron chi connectivity index (χ2n) is 2.43. The molecule has 0 aromatic carbocycles. The monoisotopic (exact) mass is 113 g/mol. The fraction of sp³-hybridized carbons (Fsp3) is 0.667. The Bertz CT molecular complexity index is 126. The molecule has 0 saturated heterocycles. The Morgan fingerprint density at radius 3 is 2.62 bits per heavy atom. The summed E-state index contributed by atoms with van der Waals surface area (Å²) in [5.41, 5.74) is 5.17. The van der Waals surface area contributed by atoms with E-state index in [1.54, 1.807) is 0 Å². The molecular formula is C6H11NO. The van der Waals surface area contributed by atoms with Crippen LogP contribution in [-0.2, 0) is 4.74 Å². The third kappa shape index (κ3) is 1.01. The van der Waals surface area contributed by atoms with Crippen LogP contribution >= 0.6 is 0 Å². The van der Waals surface area contributed by atoms with E-state index in [4.69, 9.17) is 10.5 Å². The Balaban J connectivity index is 2.55. The van der Waals surface area contributed by atoms with Crippen LogP contribution in [0.2, 0.25) is 0 Å². The normalized spacial score (nSPS) is 36.6. The smallest absolute Gasteiger partial charge is 0.158 e. The topological polar surface area (TPSA) is 35.2 Å². The molecule has 8 heavy (non-hydrogen) atoms. The van der Waals surface area contributed by atoms with Crippen molar-refractivity contribution in [2.24, 2.45) is 5.73 Å². The predicted molar refractivity (Wildman–Crippen MR) is 32.1 cm³/mol. The summed E-state index contributed by atoms with van der Waals surface area (Å²) < 4.78 is 5.19. The minimum absolute atomic E-state index is 0.427. The zero-order valence-electron chi connectivity index (χ0n) is 5.27. The van der Waals surface area contributed by atoms with Crippen LogP contribution in [0.4, 0.5) is 0 Å². The lowest BCUT2D eigenvalue weighted by Crippen LogP contribution is -2.34. The van der Waals surface area contributed by atoms with Crippen molar-refractivity contribution >= 4 is 0 Å². The molecule has 0 bridgehead atoms. The van der Waals surface area contributed by atoms with E-state index < -0.39 is 5.72 Å². The lowest BCUT2D eigenvalue weighted by molar-refractivity contribution is 0.0509. The molecule has 1 rings (SSSR count). The van der Waals surface area contributed by atoms with E-state index in [1.807, 2.05) is 19.9 Å². The fourth-order valence-electron chi connectivity index (χ4n) is 0.797. The molecule has 1 unspecified atom stereocenters. The summed E-state index contributed by atoms with van der Waals surface area (Å²) >= 11 is 0. The summed E-state index contributed by atoms with van der Waals surface area (Å²) in [6, 6.07) is 0. The minimum atomic E-state index is -0.427. The van der Waals surface area contributed by atoms with Crippen LogP contribution in [0.15, 0.2) is 11.8 Å². The van der Waals surface area contributed by atoms with Crippen molar-refractivity contribution in [3.05, 3.63) is 11.8 Å². The second-order valence-corrected chi connectivity index (χ2v) is 2.43. The van der Waals surface area contributed by atoms with Crippen molar-refractivity contribution in [1.82, 2.24) is 0 Å². The Kier molecular flexibility index (Phi) is 1.05. The first kappa shape index (κ1) is 5.63. The van der Waals surface area contributed by atoms with Gasteiger partial charge in [-0.25, -0.2) is 0 Å². The van der Waals surface area contributed by atoms with E-state index in [2.05, 4.69) is 0 Å². The summed E-state index contributed by atoms with van der Waals surface area (Å²) in [6.45, 7) is 3.79. The zero-order valence-corrected chi connectivity index (χ0v) is 5.27. The van der Waals surface area contributed by atoms with E-state index in [9.17, 15) is 0 Å². The fourth-order valence-corrected chi connectivity index (χ4v) is 0.797. The highest BCUT2D eigenvalue weighted by Crippen LogP contribution is 2.21. The van der Waals surface area contributed by atoms with Gasteiger partial charge in [-0.1, -0.05) is 0 Å². The van der Waals surface area contributed by atoms with Gasteiger partial charge < -0.3 is 4.74 Å². The molecule has 0 spiro atoms. The van der Waals surface area contributed by atoms with Crippen LogP contribution in [0.5, 0.6) is 0 Å². The molecule has 0 aliphatic carbocycles. The van der Waals surface area contributed by atoms with Crippen molar-refractivity contribution < 1.29 is 4.74 Å². The van der Waals surface area contributed by atoms with Crippen LogP contribution in [0.25, 0.3) is 0 Å². The maximum atomic E-state index is 5.59. The highest BCUT2D eigenvalue weighted by molar-refractivity contribution is 5.01. The Labute approximate surface area is 49.3 Å². The second kappa shape index (κ2) is 1.49. The van der Waals surface area contributed by atoms with Crippen molar-refractivity contribution in [2.45, 2.75) is 26.0 Å². The lowest BCUT2D eigenvalue weighted by Gasteiger charge is -2.17. The standard InChI is InChI=1S/C6H11NO/c1-5-3-4-6(2,7)8-5/h3H,4,7H2,1-2H3. The molecule has 0 aromatic heterocycles. The maximum absolute atomic E-state index is 5.59. The first-order valence-corrected chi connectivity index (χ1v) is 2.75. The molecule has 2 heteroatoms. The van der Waals surface area contributed by atoms with Gasteiger partial charge in [-0.3, -0.25) is 5.73 Å². The van der Waals surface area contributed by atoms with Crippen LogP contribution in [-0.4, -0.2) is 5.72 Å². The first-order valence-electron chi connectivity index (χ1n) is 2.75. The Morgan fingerprint density at radius 2 is 2.50 bits per heavy atom. The average Bonchev–Trinajstić information content (AvgIpc) is 1.82. The van der Waals surface area contributed by atoms with Crippen molar-refractivity contribution in [1.29, 1.82) is 0 Å². The van der Waals surface area contributed by atoms with Crippen LogP contribution in [0.3, 0.4) is 0 Å². The molecule has 1 aliphatic heterocycles. The van der Waals surface area contributed by atoms with Gasteiger partial charge in [0.2, 0.25) is 0 Å². The quantitative estimate of drug-likeness (QED) is 0.508. The van der Waals surface area contributed by atoms with E-state index >= 15 is 0 Å². The number of allylic oxidation sites excluding steroid dienone is 1. The first-order chi connectivity index (χ1) is 3.60. The molecule has 0 amide bonds. The predicted octanol–water partition coefficient (Wildman–Crippen LogP) is 0.985. The number of hydrogen-bond donors (Lipinski definition) is 1. The molecule has 1 atom stereocenters. The van der Waals surface area contributed by atoms with E-state index in [0.29, 0.717) is 0 Å². The number of nitrogens with two attached hydrogens (primary N) is 1. The van der Waals surface area contributed by atoms with Crippen LogP contribution in [0, 0.1) is 0 Å². The highest BCUT2D eigenvalue weighted by Gasteiger charge is 2.23. The average molecular weight is 113 g/mol. The van der Waals surface area contributed by atoms with E-state index in [1.165, 1.54) is 0 Å². The minimum Gasteiger partial charge on any atom is -0.478 e. The van der Waals surface area contributed by atoms with Crippen molar-refractivity contribution in [3.8, 4) is 0 Å². The summed E-state index contributed by atoms with van der Waals surface area (Å²) in [5.74, 6) is 0.940. The van der Waals surface area contributed by atoms with Crippen LogP contribution < -0.4 is 5.73 Å². The molecule has 46 valence electrons. The number of ether oxygens (including phenoxy) is 1. The zero-order chi connectivity index (χ0) is 6.20. The third-order valence-electron chi connectivity index (χ3n) is 1.19. The summed E-state index contributed by atoms with van der Waals surface area (Å²) in [5, 5.41) is 0. The lowest BCUT2D eigenvalue weighted by atomic mass is 10.2. The van der Waals surface area contributed by atoms with Gasteiger partial charge in [0.15, 0.2) is 5.72 Å². The molecular weight excluding hydrogens is 102 g/mol. The van der Waals surface area contributed by atoms with Gasteiger partial charge >= 0.3 is 0 Å². The van der Waals surface area contributed by atoms with Gasteiger partial charge in [0.1, 0.15) is 0 Å². The summed E-state index contributed by atoms with van der Waals surface area (Å²) in [7, 11) is 0.